The van der Waals surface area contributed by atoms with Crippen LogP contribution in [0.3, 0.4) is 0 Å². The van der Waals surface area contributed by atoms with E-state index < -0.39 is 17.6 Å². The van der Waals surface area contributed by atoms with Gasteiger partial charge in [-0.05, 0) is 24.3 Å². The molecule has 4 rings (SSSR count). The van der Waals surface area contributed by atoms with Crippen molar-refractivity contribution < 1.29 is 26.9 Å². The van der Waals surface area contributed by atoms with Gasteiger partial charge in [-0.1, -0.05) is 29.4 Å². The fraction of sp³-hybridized carbons (Fsp3) is 0.100. The summed E-state index contributed by atoms with van der Waals surface area (Å²) in [6.07, 6.45) is -3.54. The third kappa shape index (κ3) is 3.79. The van der Waals surface area contributed by atoms with Crippen LogP contribution in [0.4, 0.5) is 18.9 Å². The molecular weight excluding hydrogens is 401 g/mol. The normalized spacial score (nSPS) is 11.5. The Morgan fingerprint density at radius 3 is 2.60 bits per heavy atom. The summed E-state index contributed by atoms with van der Waals surface area (Å²) in [5, 5.41) is 13.8. The summed E-state index contributed by atoms with van der Waals surface area (Å²) in [5.41, 5.74) is -0.385. The molecule has 2 heterocycles. The molecule has 0 aliphatic carbocycles. The van der Waals surface area contributed by atoms with Gasteiger partial charge in [0.15, 0.2) is 5.76 Å². The molecule has 152 valence electrons. The number of nitrogens with one attached hydrogen (secondary N) is 1. The number of anilines is 1. The maximum atomic E-state index is 13.3. The average molecular weight is 414 g/mol. The third-order valence-electron chi connectivity index (χ3n) is 4.19. The van der Waals surface area contributed by atoms with E-state index in [1.165, 1.54) is 18.2 Å². The zero-order valence-corrected chi connectivity index (χ0v) is 15.4. The number of amides is 1. The zero-order chi connectivity index (χ0) is 21.3. The topological polar surface area (TPSA) is 94.1 Å². The summed E-state index contributed by atoms with van der Waals surface area (Å²) in [7, 11) is 0. The van der Waals surface area contributed by atoms with Gasteiger partial charge in [0.25, 0.3) is 5.91 Å². The van der Waals surface area contributed by atoms with Crippen LogP contribution in [0.15, 0.2) is 63.7 Å². The van der Waals surface area contributed by atoms with Crippen LogP contribution >= 0.6 is 0 Å². The molecule has 0 aliphatic rings. The molecule has 2 aromatic heterocycles. The van der Waals surface area contributed by atoms with Crippen LogP contribution in [0.5, 0.6) is 0 Å². The van der Waals surface area contributed by atoms with E-state index in [1.807, 2.05) is 0 Å². The Balaban J connectivity index is 1.64. The first-order valence-electron chi connectivity index (χ1n) is 8.66. The number of aryl methyl sites for hydroxylation is 1. The predicted octanol–water partition coefficient (Wildman–Crippen LogP) is 4.97. The van der Waals surface area contributed by atoms with E-state index in [0.717, 1.165) is 12.3 Å². The summed E-state index contributed by atoms with van der Waals surface area (Å²) in [6, 6.07) is 11.4. The Morgan fingerprint density at radius 2 is 1.87 bits per heavy atom. The number of carbonyl (C=O) groups excluding carboxylic acids is 1. The molecule has 2 aromatic carbocycles. The molecule has 4 aromatic rings. The maximum Gasteiger partial charge on any atom is 0.417 e. The first-order valence-corrected chi connectivity index (χ1v) is 8.66. The van der Waals surface area contributed by atoms with Gasteiger partial charge >= 0.3 is 6.18 Å². The van der Waals surface area contributed by atoms with E-state index >= 15 is 0 Å². The molecule has 0 saturated heterocycles. The first kappa shape index (κ1) is 19.4. The zero-order valence-electron chi connectivity index (χ0n) is 15.4. The molecule has 0 bridgehead atoms. The minimum absolute atomic E-state index is 0.134. The molecule has 0 unspecified atom stereocenters. The highest BCUT2D eigenvalue weighted by atomic mass is 19.4. The van der Waals surface area contributed by atoms with Crippen LogP contribution < -0.4 is 5.32 Å². The van der Waals surface area contributed by atoms with E-state index in [2.05, 4.69) is 20.7 Å². The van der Waals surface area contributed by atoms with E-state index in [0.29, 0.717) is 17.1 Å². The molecule has 30 heavy (non-hydrogen) atoms. The summed E-state index contributed by atoms with van der Waals surface area (Å²) in [5.74, 6) is -0.295. The second kappa shape index (κ2) is 7.47. The Hall–Kier alpha value is -3.95. The first-order chi connectivity index (χ1) is 14.3. The number of benzene rings is 2. The quantitative estimate of drug-likeness (QED) is 0.507. The lowest BCUT2D eigenvalue weighted by Crippen LogP contribution is -2.13. The van der Waals surface area contributed by atoms with Crippen molar-refractivity contribution in [1.29, 1.82) is 0 Å². The van der Waals surface area contributed by atoms with Gasteiger partial charge in [0.2, 0.25) is 11.8 Å². The fourth-order valence-corrected chi connectivity index (χ4v) is 2.87. The molecular formula is C20H13F3N4O3. The van der Waals surface area contributed by atoms with Crippen LogP contribution in [0.2, 0.25) is 0 Å². The number of hydrogen-bond acceptors (Lipinski definition) is 6. The van der Waals surface area contributed by atoms with Crippen molar-refractivity contribution in [3.05, 3.63) is 71.7 Å². The third-order valence-corrected chi connectivity index (χ3v) is 4.19. The second-order valence-corrected chi connectivity index (χ2v) is 6.27. The SMILES string of the molecule is Cc1nnc(-c2cccc(NC(=O)c3cnoc3-c3ccccc3C(F)(F)F)c2)o1. The van der Waals surface area contributed by atoms with Gasteiger partial charge in [0.05, 0.1) is 11.8 Å². The number of hydrogen-bond donors (Lipinski definition) is 1. The smallest absolute Gasteiger partial charge is 0.417 e. The van der Waals surface area contributed by atoms with Crippen molar-refractivity contribution in [1.82, 2.24) is 15.4 Å². The van der Waals surface area contributed by atoms with Gasteiger partial charge in [-0.15, -0.1) is 10.2 Å². The van der Waals surface area contributed by atoms with Gasteiger partial charge in [0, 0.05) is 23.7 Å². The van der Waals surface area contributed by atoms with Crippen molar-refractivity contribution in [2.75, 3.05) is 5.32 Å². The van der Waals surface area contributed by atoms with Gasteiger partial charge in [-0.2, -0.15) is 13.2 Å². The van der Waals surface area contributed by atoms with Crippen molar-refractivity contribution >= 4 is 11.6 Å². The van der Waals surface area contributed by atoms with Crippen LogP contribution in [0.1, 0.15) is 21.8 Å². The number of aromatic nitrogens is 3. The van der Waals surface area contributed by atoms with Gasteiger partial charge in [-0.25, -0.2) is 0 Å². The minimum Gasteiger partial charge on any atom is -0.421 e. The fourth-order valence-electron chi connectivity index (χ4n) is 2.87. The second-order valence-electron chi connectivity index (χ2n) is 6.27. The molecule has 1 amide bonds. The predicted molar refractivity (Wildman–Crippen MR) is 99.4 cm³/mol. The lowest BCUT2D eigenvalue weighted by Gasteiger charge is -2.11. The average Bonchev–Trinajstić information content (AvgIpc) is 3.37. The van der Waals surface area contributed by atoms with Crippen LogP contribution in [-0.2, 0) is 6.18 Å². The molecule has 7 nitrogen and oxygen atoms in total. The molecule has 0 fully saturated rings. The highest BCUT2D eigenvalue weighted by Crippen LogP contribution is 2.38. The number of nitrogens with zero attached hydrogens (tertiary/aromatic N) is 3. The van der Waals surface area contributed by atoms with Crippen molar-refractivity contribution in [2.45, 2.75) is 13.1 Å². The maximum absolute atomic E-state index is 13.3. The van der Waals surface area contributed by atoms with E-state index in [4.69, 9.17) is 8.94 Å². The number of alkyl halides is 3. The Kier molecular flexibility index (Phi) is 4.82. The Bertz CT molecular complexity index is 1210. The number of halogens is 3. The minimum atomic E-state index is -4.62. The lowest BCUT2D eigenvalue weighted by molar-refractivity contribution is -0.137. The van der Waals surface area contributed by atoms with Crippen molar-refractivity contribution in [3.8, 4) is 22.8 Å². The highest BCUT2D eigenvalue weighted by molar-refractivity contribution is 6.08. The largest absolute Gasteiger partial charge is 0.421 e. The van der Waals surface area contributed by atoms with Gasteiger partial charge in [-0.3, -0.25) is 4.79 Å². The molecule has 0 saturated carbocycles. The number of rotatable bonds is 4. The highest BCUT2D eigenvalue weighted by Gasteiger charge is 2.35. The summed E-state index contributed by atoms with van der Waals surface area (Å²) < 4.78 is 50.4. The van der Waals surface area contributed by atoms with Crippen LogP contribution in [-0.4, -0.2) is 21.3 Å². The molecule has 0 aliphatic heterocycles. The molecule has 0 radical (unpaired) electrons. The van der Waals surface area contributed by atoms with E-state index in [9.17, 15) is 18.0 Å². The standard InChI is InChI=1S/C20H13F3N4O3/c1-11-26-27-19(29-11)12-5-4-6-13(9-12)25-18(28)15-10-24-30-17(15)14-7-2-3-8-16(14)20(21,22)23/h2-10H,1H3,(H,25,28). The molecule has 0 atom stereocenters. The Labute approximate surface area is 167 Å². The van der Waals surface area contributed by atoms with E-state index in [1.54, 1.807) is 31.2 Å². The molecule has 1 N–H and O–H groups in total. The summed E-state index contributed by atoms with van der Waals surface area (Å²) >= 11 is 0. The van der Waals surface area contributed by atoms with Crippen LogP contribution in [0, 0.1) is 6.92 Å². The Morgan fingerprint density at radius 1 is 1.07 bits per heavy atom. The van der Waals surface area contributed by atoms with Crippen molar-refractivity contribution in [2.24, 2.45) is 0 Å². The van der Waals surface area contributed by atoms with Crippen molar-refractivity contribution in [3.63, 3.8) is 0 Å². The van der Waals surface area contributed by atoms with E-state index in [-0.39, 0.29) is 22.8 Å². The lowest BCUT2D eigenvalue weighted by atomic mass is 10.0. The molecule has 10 heteroatoms. The summed E-state index contributed by atoms with van der Waals surface area (Å²) in [6.45, 7) is 1.65. The van der Waals surface area contributed by atoms with Gasteiger partial charge < -0.3 is 14.3 Å². The monoisotopic (exact) mass is 414 g/mol. The summed E-state index contributed by atoms with van der Waals surface area (Å²) in [4.78, 5) is 12.7. The molecule has 0 spiro atoms. The van der Waals surface area contributed by atoms with Gasteiger partial charge in [0.1, 0.15) is 5.56 Å². The number of carbonyl (C=O) groups is 1. The van der Waals surface area contributed by atoms with Crippen LogP contribution in [0.25, 0.3) is 22.8 Å².